The van der Waals surface area contributed by atoms with Crippen LogP contribution in [0.2, 0.25) is 0 Å². The third-order valence-electron chi connectivity index (χ3n) is 3.89. The van der Waals surface area contributed by atoms with Gasteiger partial charge in [0.25, 0.3) is 5.91 Å². The summed E-state index contributed by atoms with van der Waals surface area (Å²) in [6, 6.07) is 15.2. The summed E-state index contributed by atoms with van der Waals surface area (Å²) < 4.78 is 5.28. The van der Waals surface area contributed by atoms with E-state index in [0.29, 0.717) is 17.3 Å². The zero-order chi connectivity index (χ0) is 18.4. The van der Waals surface area contributed by atoms with E-state index in [1.54, 1.807) is 7.11 Å². The Hall–Kier alpha value is -3.41. The lowest BCUT2D eigenvalue weighted by Gasteiger charge is -2.10. The molecule has 0 atom stereocenters. The molecule has 2 aromatic carbocycles. The summed E-state index contributed by atoms with van der Waals surface area (Å²) in [5.74, 6) is 0.824. The summed E-state index contributed by atoms with van der Waals surface area (Å²) >= 11 is 0. The molecule has 0 saturated carbocycles. The van der Waals surface area contributed by atoms with Crippen LogP contribution in [0.4, 0.5) is 17.3 Å². The van der Waals surface area contributed by atoms with E-state index in [1.165, 1.54) is 18.0 Å². The molecule has 0 saturated heterocycles. The lowest BCUT2D eigenvalue weighted by atomic mass is 10.1. The summed E-state index contributed by atoms with van der Waals surface area (Å²) in [5.41, 5.74) is 3.10. The molecule has 0 aliphatic heterocycles. The van der Waals surface area contributed by atoms with Crippen LogP contribution < -0.4 is 15.4 Å². The number of ether oxygens (including phenoxy) is 1. The van der Waals surface area contributed by atoms with Gasteiger partial charge in [-0.1, -0.05) is 31.2 Å². The summed E-state index contributed by atoms with van der Waals surface area (Å²) in [4.78, 5) is 20.7. The van der Waals surface area contributed by atoms with Crippen molar-refractivity contribution in [1.82, 2.24) is 9.97 Å². The van der Waals surface area contributed by atoms with Crippen LogP contribution in [0.25, 0.3) is 0 Å². The highest BCUT2D eigenvalue weighted by atomic mass is 16.5. The molecular weight excluding hydrogens is 328 g/mol. The van der Waals surface area contributed by atoms with Gasteiger partial charge in [-0.2, -0.15) is 0 Å². The largest absolute Gasteiger partial charge is 0.495 e. The molecule has 1 heterocycles. The fourth-order valence-electron chi connectivity index (χ4n) is 2.41. The number of para-hydroxylation sites is 2. The molecule has 6 nitrogen and oxygen atoms in total. The van der Waals surface area contributed by atoms with Gasteiger partial charge >= 0.3 is 0 Å². The number of amides is 1. The van der Waals surface area contributed by atoms with E-state index < -0.39 is 0 Å². The maximum absolute atomic E-state index is 12.3. The number of benzene rings is 2. The van der Waals surface area contributed by atoms with Crippen molar-refractivity contribution in [2.45, 2.75) is 13.3 Å². The van der Waals surface area contributed by atoms with Gasteiger partial charge in [0.15, 0.2) is 0 Å². The van der Waals surface area contributed by atoms with E-state index in [0.717, 1.165) is 17.8 Å². The minimum absolute atomic E-state index is 0.252. The predicted molar refractivity (Wildman–Crippen MR) is 102 cm³/mol. The van der Waals surface area contributed by atoms with Gasteiger partial charge in [-0.05, 0) is 36.2 Å². The number of carbonyl (C=O) groups is 1. The van der Waals surface area contributed by atoms with Crippen molar-refractivity contribution in [2.75, 3.05) is 17.7 Å². The number of rotatable bonds is 6. The number of aromatic nitrogens is 2. The lowest BCUT2D eigenvalue weighted by molar-refractivity contribution is 0.102. The Morgan fingerprint density at radius 2 is 1.73 bits per heavy atom. The quantitative estimate of drug-likeness (QED) is 0.703. The Morgan fingerprint density at radius 3 is 2.38 bits per heavy atom. The van der Waals surface area contributed by atoms with Crippen LogP contribution in [0.5, 0.6) is 5.75 Å². The molecular formula is C20H20N4O2. The first kappa shape index (κ1) is 17.4. The molecule has 0 spiro atoms. The highest BCUT2D eigenvalue weighted by Gasteiger charge is 2.09. The summed E-state index contributed by atoms with van der Waals surface area (Å²) in [5, 5.41) is 5.91. The molecule has 0 bridgehead atoms. The number of nitrogens with one attached hydrogen (secondary N) is 2. The van der Waals surface area contributed by atoms with Gasteiger partial charge in [-0.15, -0.1) is 0 Å². The molecule has 2 N–H and O–H groups in total. The second kappa shape index (κ2) is 8.11. The van der Waals surface area contributed by atoms with Gasteiger partial charge in [0, 0.05) is 18.1 Å². The number of carbonyl (C=O) groups excluding carboxylic acids is 1. The smallest absolute Gasteiger partial charge is 0.258 e. The first-order valence-electron chi connectivity index (χ1n) is 8.32. The van der Waals surface area contributed by atoms with Gasteiger partial charge in [-0.3, -0.25) is 4.79 Å². The third-order valence-corrected chi connectivity index (χ3v) is 3.89. The number of hydrogen-bond acceptors (Lipinski definition) is 5. The predicted octanol–water partition coefficient (Wildman–Crippen LogP) is 4.04. The highest BCUT2D eigenvalue weighted by Crippen LogP contribution is 2.25. The SMILES string of the molecule is CCc1ccc(NC(=O)c2cnc(Nc3ccccc3OC)nc2)cc1. The van der Waals surface area contributed by atoms with Crippen LogP contribution in [0.1, 0.15) is 22.8 Å². The van der Waals surface area contributed by atoms with E-state index in [1.807, 2.05) is 48.5 Å². The van der Waals surface area contributed by atoms with E-state index in [-0.39, 0.29) is 5.91 Å². The fourth-order valence-corrected chi connectivity index (χ4v) is 2.41. The standard InChI is InChI=1S/C20H20N4O2/c1-3-14-8-10-16(11-9-14)23-19(25)15-12-21-20(22-13-15)24-17-6-4-5-7-18(17)26-2/h4-13H,3H2,1-2H3,(H,23,25)(H,21,22,24). The number of nitrogens with zero attached hydrogens (tertiary/aromatic N) is 2. The summed E-state index contributed by atoms with van der Waals surface area (Å²) in [6.45, 7) is 2.09. The minimum atomic E-state index is -0.252. The van der Waals surface area contributed by atoms with Crippen molar-refractivity contribution >= 4 is 23.2 Å². The van der Waals surface area contributed by atoms with E-state index in [4.69, 9.17) is 4.74 Å². The van der Waals surface area contributed by atoms with Gasteiger partial charge < -0.3 is 15.4 Å². The summed E-state index contributed by atoms with van der Waals surface area (Å²) in [7, 11) is 1.60. The molecule has 1 aromatic heterocycles. The fraction of sp³-hybridized carbons (Fsp3) is 0.150. The number of hydrogen-bond donors (Lipinski definition) is 2. The van der Waals surface area contributed by atoms with Crippen LogP contribution in [0.3, 0.4) is 0 Å². The molecule has 0 unspecified atom stereocenters. The van der Waals surface area contributed by atoms with Crippen LogP contribution >= 0.6 is 0 Å². The first-order chi connectivity index (χ1) is 12.7. The molecule has 0 aliphatic carbocycles. The Labute approximate surface area is 152 Å². The van der Waals surface area contributed by atoms with Crippen molar-refractivity contribution in [3.05, 3.63) is 72.1 Å². The second-order valence-corrected chi connectivity index (χ2v) is 5.63. The number of methoxy groups -OCH3 is 1. The average molecular weight is 348 g/mol. The topological polar surface area (TPSA) is 76.1 Å². The molecule has 26 heavy (non-hydrogen) atoms. The van der Waals surface area contributed by atoms with Gasteiger partial charge in [0.2, 0.25) is 5.95 Å². The molecule has 3 aromatic rings. The van der Waals surface area contributed by atoms with Crippen molar-refractivity contribution in [3.8, 4) is 5.75 Å². The zero-order valence-corrected chi connectivity index (χ0v) is 14.7. The van der Waals surface area contributed by atoms with Crippen LogP contribution in [-0.4, -0.2) is 23.0 Å². The van der Waals surface area contributed by atoms with Crippen LogP contribution in [0.15, 0.2) is 60.9 Å². The van der Waals surface area contributed by atoms with Crippen molar-refractivity contribution in [3.63, 3.8) is 0 Å². The van der Waals surface area contributed by atoms with Gasteiger partial charge in [0.05, 0.1) is 18.4 Å². The Bertz CT molecular complexity index is 877. The highest BCUT2D eigenvalue weighted by molar-refractivity contribution is 6.03. The first-order valence-corrected chi connectivity index (χ1v) is 8.32. The molecule has 1 amide bonds. The minimum Gasteiger partial charge on any atom is -0.495 e. The maximum Gasteiger partial charge on any atom is 0.258 e. The molecule has 0 fully saturated rings. The van der Waals surface area contributed by atoms with E-state index >= 15 is 0 Å². The van der Waals surface area contributed by atoms with E-state index in [9.17, 15) is 4.79 Å². The van der Waals surface area contributed by atoms with Crippen molar-refractivity contribution in [2.24, 2.45) is 0 Å². The Balaban J connectivity index is 1.67. The Kier molecular flexibility index (Phi) is 5.43. The molecule has 0 radical (unpaired) electrons. The normalized spacial score (nSPS) is 10.2. The second-order valence-electron chi connectivity index (χ2n) is 5.63. The third kappa shape index (κ3) is 4.16. The van der Waals surface area contributed by atoms with E-state index in [2.05, 4.69) is 27.5 Å². The van der Waals surface area contributed by atoms with Crippen LogP contribution in [0, 0.1) is 0 Å². The molecule has 0 aliphatic rings. The lowest BCUT2D eigenvalue weighted by Crippen LogP contribution is -2.13. The average Bonchev–Trinajstić information content (AvgIpc) is 2.69. The Morgan fingerprint density at radius 1 is 1.04 bits per heavy atom. The zero-order valence-electron chi connectivity index (χ0n) is 14.7. The van der Waals surface area contributed by atoms with Gasteiger partial charge in [0.1, 0.15) is 5.75 Å². The van der Waals surface area contributed by atoms with Crippen molar-refractivity contribution in [1.29, 1.82) is 0 Å². The van der Waals surface area contributed by atoms with Gasteiger partial charge in [-0.25, -0.2) is 9.97 Å². The van der Waals surface area contributed by atoms with Crippen molar-refractivity contribution < 1.29 is 9.53 Å². The van der Waals surface area contributed by atoms with Crippen LogP contribution in [-0.2, 0) is 6.42 Å². The number of anilines is 3. The summed E-state index contributed by atoms with van der Waals surface area (Å²) in [6.07, 6.45) is 3.93. The molecule has 6 heteroatoms. The number of aryl methyl sites for hydroxylation is 1. The molecule has 3 rings (SSSR count). The maximum atomic E-state index is 12.3. The monoisotopic (exact) mass is 348 g/mol. The molecule has 132 valence electrons.